The van der Waals surface area contributed by atoms with Crippen molar-refractivity contribution in [3.05, 3.63) is 12.2 Å². The van der Waals surface area contributed by atoms with Crippen LogP contribution >= 0.6 is 0 Å². The third-order valence-electron chi connectivity index (χ3n) is 3.01. The fourth-order valence-electron chi connectivity index (χ4n) is 2.12. The first-order valence-electron chi connectivity index (χ1n) is 7.40. The van der Waals surface area contributed by atoms with Crippen LogP contribution < -0.4 is 0 Å². The minimum absolute atomic E-state index is 0.0909. The van der Waals surface area contributed by atoms with Crippen LogP contribution in [0, 0.1) is 0 Å². The Bertz CT molecular complexity index is 371. The smallest absolute Gasteiger partial charge is 0.309 e. The maximum absolute atomic E-state index is 11.7. The zero-order valence-electron chi connectivity index (χ0n) is 13.0. The summed E-state index contributed by atoms with van der Waals surface area (Å²) in [6.07, 6.45) is 6.50. The number of ketones is 1. The summed E-state index contributed by atoms with van der Waals surface area (Å²) in [5.41, 5.74) is 0. The molecule has 4 nitrogen and oxygen atoms in total. The zero-order valence-corrected chi connectivity index (χ0v) is 14.0. The van der Waals surface area contributed by atoms with Gasteiger partial charge >= 0.3 is 5.97 Å². The van der Waals surface area contributed by atoms with E-state index in [1.165, 1.54) is 0 Å². The van der Waals surface area contributed by atoms with Gasteiger partial charge < -0.3 is 9.16 Å². The lowest BCUT2D eigenvalue weighted by Crippen LogP contribution is -2.35. The largest absolute Gasteiger partial charge is 0.455 e. The van der Waals surface area contributed by atoms with Crippen molar-refractivity contribution in [2.24, 2.45) is 0 Å². The Morgan fingerprint density at radius 3 is 2.70 bits per heavy atom. The van der Waals surface area contributed by atoms with E-state index in [9.17, 15) is 9.59 Å². The van der Waals surface area contributed by atoms with Crippen LogP contribution in [0.2, 0.25) is 19.6 Å². The number of hydrogen-bond donors (Lipinski definition) is 0. The van der Waals surface area contributed by atoms with Gasteiger partial charge in [-0.3, -0.25) is 9.59 Å². The van der Waals surface area contributed by atoms with Crippen LogP contribution in [-0.4, -0.2) is 32.3 Å². The van der Waals surface area contributed by atoms with Crippen molar-refractivity contribution in [1.29, 1.82) is 0 Å². The Morgan fingerprint density at radius 2 is 2.10 bits per heavy atom. The highest BCUT2D eigenvalue weighted by Crippen LogP contribution is 2.23. The molecule has 0 bridgehead atoms. The molecule has 0 amide bonds. The summed E-state index contributed by atoms with van der Waals surface area (Å²) in [6, 6.07) is 0. The molecule has 1 aliphatic heterocycles. The van der Waals surface area contributed by atoms with E-state index in [4.69, 9.17) is 9.16 Å². The lowest BCUT2D eigenvalue weighted by molar-refractivity contribution is -0.140. The molecule has 0 aromatic rings. The molecule has 5 heteroatoms. The first-order valence-corrected chi connectivity index (χ1v) is 10.8. The molecule has 20 heavy (non-hydrogen) atoms. The first-order chi connectivity index (χ1) is 9.31. The second kappa shape index (κ2) is 7.74. The first kappa shape index (κ1) is 17.1. The molecule has 0 unspecified atom stereocenters. The van der Waals surface area contributed by atoms with E-state index in [1.54, 1.807) is 12.2 Å². The van der Waals surface area contributed by atoms with Gasteiger partial charge in [0.15, 0.2) is 14.1 Å². The number of cyclic esters (lactones) is 1. The molecule has 1 saturated heterocycles. The lowest BCUT2D eigenvalue weighted by atomic mass is 10.1. The second-order valence-electron chi connectivity index (χ2n) is 6.21. The predicted octanol–water partition coefficient (Wildman–Crippen LogP) is 3.23. The van der Waals surface area contributed by atoms with Crippen LogP contribution in [0.25, 0.3) is 0 Å². The van der Waals surface area contributed by atoms with Crippen molar-refractivity contribution in [2.45, 2.75) is 70.9 Å². The van der Waals surface area contributed by atoms with Crippen molar-refractivity contribution < 1.29 is 18.8 Å². The van der Waals surface area contributed by atoms with Crippen molar-refractivity contribution in [3.8, 4) is 0 Å². The van der Waals surface area contributed by atoms with E-state index in [2.05, 4.69) is 26.6 Å². The fourth-order valence-corrected chi connectivity index (χ4v) is 3.24. The maximum atomic E-state index is 11.7. The monoisotopic (exact) mass is 298 g/mol. The Kier molecular flexibility index (Phi) is 6.62. The number of esters is 1. The molecule has 0 spiro atoms. The number of allylic oxidation sites excluding steroid dienone is 1. The standard InChI is InChI=1S/C15H26O4Si/c1-5-6-7-8-12(16)9-10-13-14(11-15(17)18-13)19-20(2,3)4/h9-10,13-14H,5-8,11H2,1-4H3/b10-9+/t13-,14-/m1/s1. The predicted molar refractivity (Wildman–Crippen MR) is 81.0 cm³/mol. The number of hydrogen-bond acceptors (Lipinski definition) is 4. The number of ether oxygens (including phenoxy) is 1. The van der Waals surface area contributed by atoms with Crippen molar-refractivity contribution in [3.63, 3.8) is 0 Å². The van der Waals surface area contributed by atoms with Crippen molar-refractivity contribution >= 4 is 20.1 Å². The molecule has 1 rings (SSSR count). The third-order valence-corrected chi connectivity index (χ3v) is 4.02. The van der Waals surface area contributed by atoms with E-state index in [-0.39, 0.29) is 24.3 Å². The van der Waals surface area contributed by atoms with Crippen molar-refractivity contribution in [1.82, 2.24) is 0 Å². The van der Waals surface area contributed by atoms with Crippen LogP contribution in [0.4, 0.5) is 0 Å². The van der Waals surface area contributed by atoms with Gasteiger partial charge in [-0.05, 0) is 38.2 Å². The van der Waals surface area contributed by atoms with E-state index in [1.807, 2.05) is 0 Å². The van der Waals surface area contributed by atoms with Gasteiger partial charge in [0.2, 0.25) is 0 Å². The topological polar surface area (TPSA) is 52.6 Å². The molecule has 0 radical (unpaired) electrons. The van der Waals surface area contributed by atoms with E-state index >= 15 is 0 Å². The van der Waals surface area contributed by atoms with Gasteiger partial charge in [-0.1, -0.05) is 19.8 Å². The van der Waals surface area contributed by atoms with Crippen LogP contribution in [0.3, 0.4) is 0 Å². The summed E-state index contributed by atoms with van der Waals surface area (Å²) < 4.78 is 11.2. The molecule has 114 valence electrons. The van der Waals surface area contributed by atoms with Crippen LogP contribution in [0.1, 0.15) is 39.0 Å². The van der Waals surface area contributed by atoms with Gasteiger partial charge in [0, 0.05) is 6.42 Å². The number of unbranched alkanes of at least 4 members (excludes halogenated alkanes) is 2. The minimum atomic E-state index is -1.73. The summed E-state index contributed by atoms with van der Waals surface area (Å²) in [5.74, 6) is -0.158. The van der Waals surface area contributed by atoms with Gasteiger partial charge in [0.05, 0.1) is 12.5 Å². The molecule has 1 heterocycles. The zero-order chi connectivity index (χ0) is 15.2. The average molecular weight is 298 g/mol. The molecule has 0 aromatic heterocycles. The SMILES string of the molecule is CCCCCC(=O)/C=C/[C@H]1OC(=O)C[C@H]1O[Si](C)(C)C. The molecule has 1 fully saturated rings. The Labute approximate surface area is 122 Å². The summed E-state index contributed by atoms with van der Waals surface area (Å²) >= 11 is 0. The van der Waals surface area contributed by atoms with Crippen molar-refractivity contribution in [2.75, 3.05) is 0 Å². The van der Waals surface area contributed by atoms with Crippen LogP contribution in [0.15, 0.2) is 12.2 Å². The molecule has 0 aliphatic carbocycles. The molecular weight excluding hydrogens is 272 g/mol. The summed E-state index contributed by atoms with van der Waals surface area (Å²) in [6.45, 7) is 8.34. The minimum Gasteiger partial charge on any atom is -0.455 e. The van der Waals surface area contributed by atoms with Gasteiger partial charge in [0.1, 0.15) is 6.10 Å². The number of carbonyl (C=O) groups is 2. The molecule has 0 N–H and O–H groups in total. The Hall–Kier alpha value is -0.943. The molecular formula is C15H26O4Si. The van der Waals surface area contributed by atoms with E-state index < -0.39 is 14.4 Å². The molecule has 0 aromatic carbocycles. The van der Waals surface area contributed by atoms with E-state index in [0.717, 1.165) is 19.3 Å². The molecule has 0 saturated carbocycles. The Balaban J connectivity index is 2.51. The summed E-state index contributed by atoms with van der Waals surface area (Å²) in [4.78, 5) is 23.1. The normalized spacial score (nSPS) is 23.3. The van der Waals surface area contributed by atoms with Gasteiger partial charge in [0.25, 0.3) is 0 Å². The highest BCUT2D eigenvalue weighted by molar-refractivity contribution is 6.69. The molecule has 1 aliphatic rings. The Morgan fingerprint density at radius 1 is 1.40 bits per heavy atom. The lowest BCUT2D eigenvalue weighted by Gasteiger charge is -2.24. The van der Waals surface area contributed by atoms with Gasteiger partial charge in [-0.25, -0.2) is 0 Å². The quantitative estimate of drug-likeness (QED) is 0.299. The second-order valence-corrected chi connectivity index (χ2v) is 10.7. The van der Waals surface area contributed by atoms with Crippen LogP contribution in [-0.2, 0) is 18.8 Å². The summed E-state index contributed by atoms with van der Waals surface area (Å²) in [7, 11) is -1.73. The number of rotatable bonds is 8. The average Bonchev–Trinajstić information content (AvgIpc) is 2.65. The third kappa shape index (κ3) is 6.48. The van der Waals surface area contributed by atoms with Gasteiger partial charge in [-0.2, -0.15) is 0 Å². The highest BCUT2D eigenvalue weighted by atomic mass is 28.4. The number of carbonyl (C=O) groups excluding carboxylic acids is 2. The van der Waals surface area contributed by atoms with Gasteiger partial charge in [-0.15, -0.1) is 0 Å². The van der Waals surface area contributed by atoms with E-state index in [0.29, 0.717) is 6.42 Å². The van der Waals surface area contributed by atoms with Crippen LogP contribution in [0.5, 0.6) is 0 Å². The molecule has 2 atom stereocenters. The maximum Gasteiger partial charge on any atom is 0.309 e. The fraction of sp³-hybridized carbons (Fsp3) is 0.733. The highest BCUT2D eigenvalue weighted by Gasteiger charge is 2.36. The summed E-state index contributed by atoms with van der Waals surface area (Å²) in [5, 5.41) is 0.